The monoisotopic (exact) mass is 674 g/mol. The zero-order valence-electron chi connectivity index (χ0n) is 28.6. The van der Waals surface area contributed by atoms with Gasteiger partial charge in [0, 0.05) is 38.8 Å². The molecule has 7 aromatic carbocycles. The second kappa shape index (κ2) is 11.5. The molecule has 4 heteroatoms. The van der Waals surface area contributed by atoms with Crippen molar-refractivity contribution in [2.75, 3.05) is 0 Å². The van der Waals surface area contributed by atoms with E-state index in [4.69, 9.17) is 19.9 Å². The number of pyridine rings is 1. The van der Waals surface area contributed by atoms with Crippen molar-refractivity contribution in [2.24, 2.45) is 0 Å². The van der Waals surface area contributed by atoms with Gasteiger partial charge in [0.05, 0.1) is 16.8 Å². The third kappa shape index (κ3) is 4.30. The lowest BCUT2D eigenvalue weighted by molar-refractivity contribution is 0.799. The Morgan fingerprint density at radius 2 is 0.736 bits per heavy atom. The summed E-state index contributed by atoms with van der Waals surface area (Å²) < 4.78 is 0. The van der Waals surface area contributed by atoms with Gasteiger partial charge in [-0.1, -0.05) is 176 Å². The molecule has 4 nitrogen and oxygen atoms in total. The van der Waals surface area contributed by atoms with Gasteiger partial charge in [-0.2, -0.15) is 0 Å². The van der Waals surface area contributed by atoms with Crippen LogP contribution in [0.4, 0.5) is 0 Å². The Balaban J connectivity index is 1.15. The molecule has 0 bridgehead atoms. The number of hydrogen-bond donors (Lipinski definition) is 0. The summed E-state index contributed by atoms with van der Waals surface area (Å²) in [6, 6.07) is 64.2. The van der Waals surface area contributed by atoms with Gasteiger partial charge >= 0.3 is 0 Å². The zero-order valence-corrected chi connectivity index (χ0v) is 28.6. The van der Waals surface area contributed by atoms with Crippen LogP contribution in [0.1, 0.15) is 22.3 Å². The van der Waals surface area contributed by atoms with Crippen molar-refractivity contribution in [2.45, 2.75) is 5.41 Å². The average Bonchev–Trinajstić information content (AvgIpc) is 3.71. The van der Waals surface area contributed by atoms with Crippen LogP contribution < -0.4 is 0 Å². The van der Waals surface area contributed by atoms with Gasteiger partial charge in [-0.05, 0) is 39.3 Å². The average molecular weight is 675 g/mol. The van der Waals surface area contributed by atoms with E-state index in [1.165, 1.54) is 44.3 Å². The summed E-state index contributed by atoms with van der Waals surface area (Å²) in [5.41, 5.74) is 14.2. The molecule has 9 aromatic rings. The van der Waals surface area contributed by atoms with Gasteiger partial charge in [0.15, 0.2) is 17.5 Å². The van der Waals surface area contributed by atoms with Crippen LogP contribution in [0.2, 0.25) is 0 Å². The molecule has 0 fully saturated rings. The highest BCUT2D eigenvalue weighted by atomic mass is 15.0. The Kier molecular flexibility index (Phi) is 6.43. The highest BCUT2D eigenvalue weighted by Crippen LogP contribution is 2.64. The van der Waals surface area contributed by atoms with Gasteiger partial charge in [0.2, 0.25) is 0 Å². The van der Waals surface area contributed by atoms with E-state index in [0.29, 0.717) is 17.5 Å². The van der Waals surface area contributed by atoms with Gasteiger partial charge in [-0.15, -0.1) is 0 Å². The maximum absolute atomic E-state index is 5.67. The molecule has 1 spiro atoms. The van der Waals surface area contributed by atoms with Gasteiger partial charge in [0.1, 0.15) is 0 Å². The third-order valence-corrected chi connectivity index (χ3v) is 10.9. The molecule has 11 rings (SSSR count). The normalized spacial score (nSPS) is 13.1. The van der Waals surface area contributed by atoms with E-state index in [9.17, 15) is 0 Å². The minimum Gasteiger partial charge on any atom is -0.247 e. The first-order valence-corrected chi connectivity index (χ1v) is 18.0. The lowest BCUT2D eigenvalue weighted by atomic mass is 9.69. The topological polar surface area (TPSA) is 51.6 Å². The Morgan fingerprint density at radius 1 is 0.302 bits per heavy atom. The summed E-state index contributed by atoms with van der Waals surface area (Å²) in [4.78, 5) is 20.6. The summed E-state index contributed by atoms with van der Waals surface area (Å²) in [6.07, 6.45) is 0. The Labute approximate surface area is 307 Å². The number of rotatable bonds is 4. The SMILES string of the molecule is c1ccc(-c2nc(-c3ccccc3)nc(-c3cccc(-c4nc5c(c6ccccc46)C4(c6ccccc6-c6ccccc64)c4ccccc4-5)c3)n2)cc1. The Morgan fingerprint density at radius 3 is 1.34 bits per heavy atom. The van der Waals surface area contributed by atoms with Crippen LogP contribution in [0, 0.1) is 0 Å². The molecule has 2 aliphatic rings. The number of benzene rings is 7. The van der Waals surface area contributed by atoms with Gasteiger partial charge < -0.3 is 0 Å². The molecule has 0 N–H and O–H groups in total. The molecule has 0 aliphatic heterocycles. The molecule has 2 aromatic heterocycles. The summed E-state index contributed by atoms with van der Waals surface area (Å²) >= 11 is 0. The molecule has 0 amide bonds. The molecule has 0 saturated carbocycles. The van der Waals surface area contributed by atoms with E-state index in [1.807, 2.05) is 60.7 Å². The fourth-order valence-corrected chi connectivity index (χ4v) is 8.75. The Bertz CT molecular complexity index is 2790. The lowest BCUT2D eigenvalue weighted by Gasteiger charge is -2.31. The summed E-state index contributed by atoms with van der Waals surface area (Å²) in [5, 5.41) is 2.32. The maximum atomic E-state index is 5.67. The molecule has 0 saturated heterocycles. The number of aromatic nitrogens is 4. The predicted octanol–water partition coefficient (Wildman–Crippen LogP) is 11.4. The van der Waals surface area contributed by atoms with Crippen LogP contribution in [0.5, 0.6) is 0 Å². The molecule has 0 atom stereocenters. The van der Waals surface area contributed by atoms with Crippen molar-refractivity contribution < 1.29 is 0 Å². The zero-order chi connectivity index (χ0) is 34.9. The van der Waals surface area contributed by atoms with Crippen molar-refractivity contribution in [3.05, 3.63) is 204 Å². The van der Waals surface area contributed by atoms with Gasteiger partial charge in [-0.3, -0.25) is 0 Å². The first-order chi connectivity index (χ1) is 26.3. The molecule has 246 valence electrons. The van der Waals surface area contributed by atoms with E-state index in [-0.39, 0.29) is 0 Å². The summed E-state index contributed by atoms with van der Waals surface area (Å²) in [5.74, 6) is 1.90. The fraction of sp³-hybridized carbons (Fsp3) is 0.0204. The minimum absolute atomic E-state index is 0.474. The molecular weight excluding hydrogens is 645 g/mol. The largest absolute Gasteiger partial charge is 0.247 e. The van der Waals surface area contributed by atoms with E-state index in [2.05, 4.69) is 121 Å². The highest BCUT2D eigenvalue weighted by molar-refractivity contribution is 6.06. The van der Waals surface area contributed by atoms with Crippen LogP contribution in [0.25, 0.3) is 78.6 Å². The smallest absolute Gasteiger partial charge is 0.164 e. The molecule has 0 radical (unpaired) electrons. The predicted molar refractivity (Wildman–Crippen MR) is 213 cm³/mol. The van der Waals surface area contributed by atoms with Crippen LogP contribution in [-0.2, 0) is 5.41 Å². The van der Waals surface area contributed by atoms with Gasteiger partial charge in [0.25, 0.3) is 0 Å². The van der Waals surface area contributed by atoms with Crippen molar-refractivity contribution in [1.29, 1.82) is 0 Å². The van der Waals surface area contributed by atoms with Crippen LogP contribution in [-0.4, -0.2) is 19.9 Å². The first kappa shape index (κ1) is 29.7. The molecule has 53 heavy (non-hydrogen) atoms. The van der Waals surface area contributed by atoms with Crippen molar-refractivity contribution in [1.82, 2.24) is 19.9 Å². The maximum Gasteiger partial charge on any atom is 0.164 e. The second-order valence-corrected chi connectivity index (χ2v) is 13.7. The first-order valence-electron chi connectivity index (χ1n) is 18.0. The van der Waals surface area contributed by atoms with Crippen LogP contribution in [0.3, 0.4) is 0 Å². The number of hydrogen-bond acceptors (Lipinski definition) is 4. The molecule has 2 heterocycles. The van der Waals surface area contributed by atoms with Crippen molar-refractivity contribution in [3.8, 4) is 67.8 Å². The second-order valence-electron chi connectivity index (χ2n) is 13.7. The van der Waals surface area contributed by atoms with E-state index in [0.717, 1.165) is 39.0 Å². The number of nitrogens with zero attached hydrogens (tertiary/aromatic N) is 4. The standard InChI is InChI=1S/C49H30N4/c1-3-16-31(17-4-1)46-51-47(32-18-5-2-6-19-32)53-48(52-46)34-21-15-20-33(30-34)44-38-25-8-7-24-37(38)43-45(50-44)39-26-11-14-29-42(39)49(43)40-27-12-9-22-35(40)36-23-10-13-28-41(36)49/h1-30H. The third-order valence-electron chi connectivity index (χ3n) is 10.9. The van der Waals surface area contributed by atoms with Crippen LogP contribution in [0.15, 0.2) is 182 Å². The van der Waals surface area contributed by atoms with Crippen molar-refractivity contribution >= 4 is 10.8 Å². The molecular formula is C49H30N4. The van der Waals surface area contributed by atoms with Crippen LogP contribution >= 0.6 is 0 Å². The summed E-state index contributed by atoms with van der Waals surface area (Å²) in [6.45, 7) is 0. The summed E-state index contributed by atoms with van der Waals surface area (Å²) in [7, 11) is 0. The highest BCUT2D eigenvalue weighted by Gasteiger charge is 2.53. The van der Waals surface area contributed by atoms with E-state index >= 15 is 0 Å². The van der Waals surface area contributed by atoms with E-state index < -0.39 is 5.41 Å². The molecule has 0 unspecified atom stereocenters. The van der Waals surface area contributed by atoms with E-state index in [1.54, 1.807) is 0 Å². The minimum atomic E-state index is -0.474. The van der Waals surface area contributed by atoms with Gasteiger partial charge in [-0.25, -0.2) is 19.9 Å². The number of fused-ring (bicyclic) bond motifs is 12. The fourth-order valence-electron chi connectivity index (χ4n) is 8.75. The van der Waals surface area contributed by atoms with Crippen molar-refractivity contribution in [3.63, 3.8) is 0 Å². The lowest BCUT2D eigenvalue weighted by Crippen LogP contribution is -2.26. The molecule has 2 aliphatic carbocycles. The Hall–Kier alpha value is -7.04. The quantitative estimate of drug-likeness (QED) is 0.186.